The van der Waals surface area contributed by atoms with Gasteiger partial charge in [-0.15, -0.1) is 11.3 Å². The van der Waals surface area contributed by atoms with Crippen molar-refractivity contribution in [3.05, 3.63) is 68.5 Å². The largest absolute Gasteiger partial charge is 0.230 e. The van der Waals surface area contributed by atoms with Crippen molar-refractivity contribution in [2.24, 2.45) is 0 Å². The normalized spacial score (nSPS) is 10.9. The van der Waals surface area contributed by atoms with E-state index in [0.717, 1.165) is 31.9 Å². The summed E-state index contributed by atoms with van der Waals surface area (Å²) in [6.07, 6.45) is 0. The summed E-state index contributed by atoms with van der Waals surface area (Å²) in [5, 5.41) is 3.95. The Balaban J connectivity index is 1.69. The molecule has 0 aliphatic rings. The number of nitrogens with zero attached hydrogens (tertiary/aromatic N) is 1. The molecule has 2 aromatic carbocycles. The maximum atomic E-state index is 6.03. The highest BCUT2D eigenvalue weighted by Crippen LogP contribution is 2.32. The zero-order valence-electron chi connectivity index (χ0n) is 11.2. The minimum absolute atomic E-state index is 0.578. The van der Waals surface area contributed by atoms with E-state index >= 15 is 0 Å². The first-order valence-corrected chi connectivity index (χ1v) is 9.40. The number of hydrogen-bond acceptors (Lipinski definition) is 3. The lowest BCUT2D eigenvalue weighted by molar-refractivity contribution is 1.24. The number of rotatable bonds is 4. The van der Waals surface area contributed by atoms with Crippen LogP contribution in [0, 0.1) is 0 Å². The van der Waals surface area contributed by atoms with Gasteiger partial charge in [-0.05, 0) is 29.8 Å². The predicted molar refractivity (Wildman–Crippen MR) is 98.6 cm³/mol. The van der Waals surface area contributed by atoms with Gasteiger partial charge < -0.3 is 0 Å². The molecule has 0 unspecified atom stereocenters. The third kappa shape index (κ3) is 3.98. The Labute approximate surface area is 152 Å². The van der Waals surface area contributed by atoms with Gasteiger partial charge in [-0.3, -0.25) is 0 Å². The Bertz CT molecular complexity index is 784. The fraction of sp³-hybridized carbons (Fsp3) is 0.0625. The van der Waals surface area contributed by atoms with E-state index in [-0.39, 0.29) is 0 Å². The van der Waals surface area contributed by atoms with Crippen LogP contribution in [0.4, 0.5) is 0 Å². The fourth-order valence-corrected chi connectivity index (χ4v) is 4.08. The standard InChI is InChI=1S/C16H10Cl3NS2/c17-12-4-2-11(3-5-12)15-9-22-16(20-15)21-8-10-1-6-13(18)14(19)7-10/h1-7,9H,8H2. The molecule has 6 heteroatoms. The van der Waals surface area contributed by atoms with Gasteiger partial charge in [0.25, 0.3) is 0 Å². The first-order chi connectivity index (χ1) is 10.6. The molecule has 0 aliphatic carbocycles. The van der Waals surface area contributed by atoms with E-state index in [0.29, 0.717) is 10.0 Å². The Hall–Kier alpha value is -0.710. The minimum Gasteiger partial charge on any atom is -0.230 e. The molecule has 112 valence electrons. The first kappa shape index (κ1) is 16.2. The van der Waals surface area contributed by atoms with Crippen LogP contribution in [0.25, 0.3) is 11.3 Å². The van der Waals surface area contributed by atoms with Crippen molar-refractivity contribution in [1.29, 1.82) is 0 Å². The van der Waals surface area contributed by atoms with Gasteiger partial charge in [0.15, 0.2) is 4.34 Å². The van der Waals surface area contributed by atoms with Crippen LogP contribution in [0.15, 0.2) is 52.2 Å². The SMILES string of the molecule is Clc1ccc(-c2csc(SCc3ccc(Cl)c(Cl)c3)n2)cc1. The zero-order valence-corrected chi connectivity index (χ0v) is 15.1. The Morgan fingerprint density at radius 2 is 1.73 bits per heavy atom. The van der Waals surface area contributed by atoms with Crippen LogP contribution in [-0.4, -0.2) is 4.98 Å². The minimum atomic E-state index is 0.578. The second kappa shape index (κ2) is 7.24. The number of hydrogen-bond donors (Lipinski definition) is 0. The lowest BCUT2D eigenvalue weighted by Crippen LogP contribution is -1.82. The van der Waals surface area contributed by atoms with Crippen LogP contribution in [0.3, 0.4) is 0 Å². The Morgan fingerprint density at radius 3 is 2.45 bits per heavy atom. The van der Waals surface area contributed by atoms with Crippen LogP contribution in [0.1, 0.15) is 5.56 Å². The molecule has 0 bridgehead atoms. The van der Waals surface area contributed by atoms with E-state index < -0.39 is 0 Å². The van der Waals surface area contributed by atoms with Gasteiger partial charge >= 0.3 is 0 Å². The number of benzene rings is 2. The molecule has 3 aromatic rings. The number of thioether (sulfide) groups is 1. The number of aromatic nitrogens is 1. The highest BCUT2D eigenvalue weighted by Gasteiger charge is 2.06. The van der Waals surface area contributed by atoms with Gasteiger partial charge in [0.05, 0.1) is 15.7 Å². The van der Waals surface area contributed by atoms with Crippen LogP contribution < -0.4 is 0 Å². The molecule has 1 nitrogen and oxygen atoms in total. The van der Waals surface area contributed by atoms with Gasteiger partial charge in [0, 0.05) is 21.7 Å². The molecule has 0 saturated heterocycles. The van der Waals surface area contributed by atoms with Crippen molar-refractivity contribution >= 4 is 57.9 Å². The number of halogens is 3. The molecule has 0 amide bonds. The molecule has 1 aromatic heterocycles. The molecular weight excluding hydrogens is 377 g/mol. The van der Waals surface area contributed by atoms with E-state index in [1.54, 1.807) is 23.1 Å². The first-order valence-electron chi connectivity index (χ1n) is 6.40. The third-order valence-corrected chi connectivity index (χ3v) is 6.05. The van der Waals surface area contributed by atoms with Crippen molar-refractivity contribution in [3.8, 4) is 11.3 Å². The second-order valence-corrected chi connectivity index (χ2v) is 7.87. The summed E-state index contributed by atoms with van der Waals surface area (Å²) in [7, 11) is 0. The van der Waals surface area contributed by atoms with Crippen molar-refractivity contribution in [2.75, 3.05) is 0 Å². The molecular formula is C16H10Cl3NS2. The Kier molecular flexibility index (Phi) is 5.32. The molecule has 0 atom stereocenters. The van der Waals surface area contributed by atoms with Crippen LogP contribution >= 0.6 is 57.9 Å². The summed E-state index contributed by atoms with van der Waals surface area (Å²) in [5.74, 6) is 0.810. The lowest BCUT2D eigenvalue weighted by atomic mass is 10.2. The van der Waals surface area contributed by atoms with E-state index in [4.69, 9.17) is 34.8 Å². The second-order valence-electron chi connectivity index (χ2n) is 4.54. The van der Waals surface area contributed by atoms with Crippen molar-refractivity contribution in [1.82, 2.24) is 4.98 Å². The van der Waals surface area contributed by atoms with E-state index in [1.165, 1.54) is 0 Å². The van der Waals surface area contributed by atoms with Crippen molar-refractivity contribution in [2.45, 2.75) is 10.1 Å². The Morgan fingerprint density at radius 1 is 0.955 bits per heavy atom. The van der Waals surface area contributed by atoms with Crippen LogP contribution in [0.5, 0.6) is 0 Å². The number of thiazole rings is 1. The predicted octanol–water partition coefficient (Wildman–Crippen LogP) is 7.06. The summed E-state index contributed by atoms with van der Waals surface area (Å²) in [5.41, 5.74) is 3.17. The van der Waals surface area contributed by atoms with Gasteiger partial charge in [-0.1, -0.05) is 64.8 Å². The topological polar surface area (TPSA) is 12.9 Å². The summed E-state index contributed by atoms with van der Waals surface area (Å²) < 4.78 is 1.02. The maximum Gasteiger partial charge on any atom is 0.150 e. The average Bonchev–Trinajstić information content (AvgIpc) is 2.98. The smallest absolute Gasteiger partial charge is 0.150 e. The van der Waals surface area contributed by atoms with Gasteiger partial charge in [-0.2, -0.15) is 0 Å². The van der Waals surface area contributed by atoms with Crippen LogP contribution in [-0.2, 0) is 5.75 Å². The average molecular weight is 387 g/mol. The molecule has 0 N–H and O–H groups in total. The molecule has 0 radical (unpaired) electrons. The van der Waals surface area contributed by atoms with Gasteiger partial charge in [0.1, 0.15) is 0 Å². The van der Waals surface area contributed by atoms with E-state index in [1.807, 2.05) is 42.5 Å². The molecule has 0 aliphatic heterocycles. The highest BCUT2D eigenvalue weighted by atomic mass is 35.5. The van der Waals surface area contributed by atoms with Crippen LogP contribution in [0.2, 0.25) is 15.1 Å². The van der Waals surface area contributed by atoms with Crippen molar-refractivity contribution in [3.63, 3.8) is 0 Å². The maximum absolute atomic E-state index is 6.03. The fourth-order valence-electron chi connectivity index (χ4n) is 1.85. The monoisotopic (exact) mass is 385 g/mol. The molecule has 1 heterocycles. The molecule has 0 spiro atoms. The highest BCUT2D eigenvalue weighted by molar-refractivity contribution is 8.00. The summed E-state index contributed by atoms with van der Waals surface area (Å²) in [6, 6.07) is 13.4. The van der Waals surface area contributed by atoms with Gasteiger partial charge in [-0.25, -0.2) is 4.98 Å². The van der Waals surface area contributed by atoms with E-state index in [9.17, 15) is 0 Å². The quantitative estimate of drug-likeness (QED) is 0.445. The molecule has 0 fully saturated rings. The zero-order chi connectivity index (χ0) is 15.5. The third-order valence-electron chi connectivity index (χ3n) is 2.97. The summed E-state index contributed by atoms with van der Waals surface area (Å²) in [6.45, 7) is 0. The lowest BCUT2D eigenvalue weighted by Gasteiger charge is -2.01. The molecule has 22 heavy (non-hydrogen) atoms. The van der Waals surface area contributed by atoms with Gasteiger partial charge in [0.2, 0.25) is 0 Å². The molecule has 3 rings (SSSR count). The van der Waals surface area contributed by atoms with E-state index in [2.05, 4.69) is 10.4 Å². The molecule has 0 saturated carbocycles. The van der Waals surface area contributed by atoms with Crippen molar-refractivity contribution < 1.29 is 0 Å². The summed E-state index contributed by atoms with van der Waals surface area (Å²) >= 11 is 21.2. The summed E-state index contributed by atoms with van der Waals surface area (Å²) in [4.78, 5) is 4.64.